The monoisotopic (exact) mass is 386 g/mol. The van der Waals surface area contributed by atoms with Crippen LogP contribution in [0.1, 0.15) is 41.0 Å². The van der Waals surface area contributed by atoms with Gasteiger partial charge in [-0.2, -0.15) is 0 Å². The van der Waals surface area contributed by atoms with E-state index in [4.69, 9.17) is 11.6 Å². The summed E-state index contributed by atoms with van der Waals surface area (Å²) in [7, 11) is 0. The number of hydrogen-bond donors (Lipinski definition) is 2. The number of aryl methyl sites for hydroxylation is 1. The largest absolute Gasteiger partial charge is 0.322 e. The third-order valence-electron chi connectivity index (χ3n) is 5.02. The molecule has 1 aliphatic heterocycles. The van der Waals surface area contributed by atoms with Crippen molar-refractivity contribution in [3.63, 3.8) is 0 Å². The molecule has 0 saturated carbocycles. The normalized spacial score (nSPS) is 17.7. The fraction of sp³-hybridized carbons (Fsp3) is 0.429. The first-order chi connectivity index (χ1) is 13.0. The second kappa shape index (κ2) is 8.83. The molecule has 2 N–H and O–H groups in total. The standard InChI is InChI=1S/C21H27ClN4O/c1-4-19-6-5-16(11-24-19)21(27)25-20-10-18(22)9-17(15(20)3)13-26-8-7-23-14(2)12-26/h5-6,9-11,14,23H,4,7-8,12-13H2,1-3H3,(H,25,27)/t14-/m0/s1. The third-order valence-corrected chi connectivity index (χ3v) is 5.24. The number of nitrogens with zero attached hydrogens (tertiary/aromatic N) is 2. The zero-order chi connectivity index (χ0) is 19.4. The maximum absolute atomic E-state index is 12.6. The predicted octanol–water partition coefficient (Wildman–Crippen LogP) is 3.65. The van der Waals surface area contributed by atoms with Crippen LogP contribution in [0.5, 0.6) is 0 Å². The summed E-state index contributed by atoms with van der Waals surface area (Å²) in [5.41, 5.74) is 4.47. The molecule has 0 spiro atoms. The molecule has 0 bridgehead atoms. The number of nitrogens with one attached hydrogen (secondary N) is 2. The van der Waals surface area contributed by atoms with Crippen LogP contribution in [0.25, 0.3) is 0 Å². The van der Waals surface area contributed by atoms with E-state index in [0.29, 0.717) is 16.6 Å². The Morgan fingerprint density at radius 2 is 2.22 bits per heavy atom. The van der Waals surface area contributed by atoms with E-state index in [0.717, 1.165) is 55.1 Å². The molecule has 1 atom stereocenters. The average Bonchev–Trinajstić information content (AvgIpc) is 2.65. The average molecular weight is 387 g/mol. The first-order valence-corrected chi connectivity index (χ1v) is 9.85. The molecule has 1 amide bonds. The molecule has 0 aliphatic carbocycles. The maximum atomic E-state index is 12.6. The third kappa shape index (κ3) is 5.06. The van der Waals surface area contributed by atoms with Crippen LogP contribution in [0, 0.1) is 6.92 Å². The molecular formula is C21H27ClN4O. The van der Waals surface area contributed by atoms with Gasteiger partial charge in [0.15, 0.2) is 0 Å². The second-order valence-electron chi connectivity index (χ2n) is 7.17. The Bertz CT molecular complexity index is 807. The van der Waals surface area contributed by atoms with Gasteiger partial charge in [0, 0.05) is 54.8 Å². The summed E-state index contributed by atoms with van der Waals surface area (Å²) in [6, 6.07) is 7.99. The van der Waals surface area contributed by atoms with Crippen LogP contribution in [0.2, 0.25) is 5.02 Å². The van der Waals surface area contributed by atoms with Crippen molar-refractivity contribution in [1.29, 1.82) is 0 Å². The van der Waals surface area contributed by atoms with Gasteiger partial charge in [-0.25, -0.2) is 0 Å². The van der Waals surface area contributed by atoms with E-state index in [1.165, 1.54) is 0 Å². The van der Waals surface area contributed by atoms with Crippen molar-refractivity contribution in [3.05, 3.63) is 57.9 Å². The number of rotatable bonds is 5. The number of piperazine rings is 1. The zero-order valence-corrected chi connectivity index (χ0v) is 16.9. The number of anilines is 1. The summed E-state index contributed by atoms with van der Waals surface area (Å²) >= 11 is 6.34. The van der Waals surface area contributed by atoms with Gasteiger partial charge in [0.25, 0.3) is 5.91 Å². The molecule has 1 aromatic carbocycles. The number of benzene rings is 1. The van der Waals surface area contributed by atoms with E-state index < -0.39 is 0 Å². The SMILES string of the molecule is CCc1ccc(C(=O)Nc2cc(Cl)cc(CN3CCN[C@@H](C)C3)c2C)cn1. The Labute approximate surface area is 166 Å². The molecule has 1 aliphatic rings. The van der Waals surface area contributed by atoms with Crippen LogP contribution in [0.4, 0.5) is 5.69 Å². The fourth-order valence-corrected chi connectivity index (χ4v) is 3.63. The van der Waals surface area contributed by atoms with Gasteiger partial charge in [-0.05, 0) is 55.7 Å². The molecule has 3 rings (SSSR count). The number of carbonyl (C=O) groups is 1. The highest BCUT2D eigenvalue weighted by Crippen LogP contribution is 2.26. The molecule has 1 saturated heterocycles. The van der Waals surface area contributed by atoms with E-state index >= 15 is 0 Å². The highest BCUT2D eigenvalue weighted by atomic mass is 35.5. The van der Waals surface area contributed by atoms with Crippen LogP contribution in [0.3, 0.4) is 0 Å². The Balaban J connectivity index is 1.76. The van der Waals surface area contributed by atoms with E-state index in [1.807, 2.05) is 38.1 Å². The lowest BCUT2D eigenvalue weighted by Crippen LogP contribution is -2.48. The van der Waals surface area contributed by atoms with E-state index in [-0.39, 0.29) is 5.91 Å². The van der Waals surface area contributed by atoms with Gasteiger partial charge >= 0.3 is 0 Å². The van der Waals surface area contributed by atoms with Crippen molar-refractivity contribution in [2.45, 2.75) is 39.8 Å². The van der Waals surface area contributed by atoms with Gasteiger partial charge in [-0.15, -0.1) is 0 Å². The number of aromatic nitrogens is 1. The molecule has 1 fully saturated rings. The van der Waals surface area contributed by atoms with Crippen molar-refractivity contribution in [1.82, 2.24) is 15.2 Å². The van der Waals surface area contributed by atoms with Gasteiger partial charge in [0.1, 0.15) is 0 Å². The highest BCUT2D eigenvalue weighted by molar-refractivity contribution is 6.31. The molecule has 6 heteroatoms. The summed E-state index contributed by atoms with van der Waals surface area (Å²) in [6.45, 7) is 10.1. The van der Waals surface area contributed by atoms with Crippen molar-refractivity contribution in [3.8, 4) is 0 Å². The highest BCUT2D eigenvalue weighted by Gasteiger charge is 2.18. The lowest BCUT2D eigenvalue weighted by Gasteiger charge is -2.32. The molecule has 144 valence electrons. The molecule has 5 nitrogen and oxygen atoms in total. The first-order valence-electron chi connectivity index (χ1n) is 9.47. The minimum Gasteiger partial charge on any atom is -0.322 e. The number of carbonyl (C=O) groups excluding carboxylic acids is 1. The van der Waals surface area contributed by atoms with Crippen molar-refractivity contribution in [2.75, 3.05) is 25.0 Å². The number of pyridine rings is 1. The van der Waals surface area contributed by atoms with Gasteiger partial charge in [0.05, 0.1) is 5.56 Å². The van der Waals surface area contributed by atoms with E-state index in [2.05, 4.69) is 27.4 Å². The Morgan fingerprint density at radius 1 is 1.41 bits per heavy atom. The van der Waals surface area contributed by atoms with Gasteiger partial charge in [-0.3, -0.25) is 14.7 Å². The van der Waals surface area contributed by atoms with Crippen LogP contribution < -0.4 is 10.6 Å². The molecule has 0 unspecified atom stereocenters. The molecule has 0 radical (unpaired) electrons. The van der Waals surface area contributed by atoms with Gasteiger partial charge < -0.3 is 10.6 Å². The zero-order valence-electron chi connectivity index (χ0n) is 16.2. The van der Waals surface area contributed by atoms with Crippen LogP contribution in [0.15, 0.2) is 30.5 Å². The molecule has 2 aromatic rings. The van der Waals surface area contributed by atoms with Crippen LogP contribution in [-0.4, -0.2) is 41.5 Å². The van der Waals surface area contributed by atoms with Crippen LogP contribution >= 0.6 is 11.6 Å². The first kappa shape index (κ1) is 19.8. The summed E-state index contributed by atoms with van der Waals surface area (Å²) in [4.78, 5) is 19.3. The van der Waals surface area contributed by atoms with Crippen molar-refractivity contribution >= 4 is 23.2 Å². The van der Waals surface area contributed by atoms with Crippen molar-refractivity contribution < 1.29 is 4.79 Å². The van der Waals surface area contributed by atoms with Crippen molar-refractivity contribution in [2.24, 2.45) is 0 Å². The molecule has 27 heavy (non-hydrogen) atoms. The molecule has 2 heterocycles. The number of halogens is 1. The quantitative estimate of drug-likeness (QED) is 0.823. The van der Waals surface area contributed by atoms with Gasteiger partial charge in [-0.1, -0.05) is 18.5 Å². The summed E-state index contributed by atoms with van der Waals surface area (Å²) < 4.78 is 0. The number of hydrogen-bond acceptors (Lipinski definition) is 4. The summed E-state index contributed by atoms with van der Waals surface area (Å²) in [5, 5.41) is 7.09. The fourth-order valence-electron chi connectivity index (χ4n) is 3.39. The summed E-state index contributed by atoms with van der Waals surface area (Å²) in [5.74, 6) is -0.169. The Hall–Kier alpha value is -1.95. The minimum atomic E-state index is -0.169. The van der Waals surface area contributed by atoms with E-state index in [9.17, 15) is 4.79 Å². The lowest BCUT2D eigenvalue weighted by atomic mass is 10.0. The molecular weight excluding hydrogens is 360 g/mol. The van der Waals surface area contributed by atoms with Gasteiger partial charge in [0.2, 0.25) is 0 Å². The van der Waals surface area contributed by atoms with Crippen LogP contribution in [-0.2, 0) is 13.0 Å². The minimum absolute atomic E-state index is 0.169. The second-order valence-corrected chi connectivity index (χ2v) is 7.61. The maximum Gasteiger partial charge on any atom is 0.257 e. The number of amides is 1. The molecule has 1 aromatic heterocycles. The summed E-state index contributed by atoms with van der Waals surface area (Å²) in [6.07, 6.45) is 2.47. The predicted molar refractivity (Wildman–Crippen MR) is 110 cm³/mol. The Kier molecular flexibility index (Phi) is 6.47. The Morgan fingerprint density at radius 3 is 2.89 bits per heavy atom. The lowest BCUT2D eigenvalue weighted by molar-refractivity contribution is 0.102. The smallest absolute Gasteiger partial charge is 0.257 e. The van der Waals surface area contributed by atoms with E-state index in [1.54, 1.807) is 6.20 Å². The topological polar surface area (TPSA) is 57.3 Å².